The van der Waals surface area contributed by atoms with Crippen molar-refractivity contribution in [2.75, 3.05) is 0 Å². The van der Waals surface area contributed by atoms with Crippen LogP contribution in [0, 0.1) is 13.8 Å². The van der Waals surface area contributed by atoms with Crippen LogP contribution in [-0.4, -0.2) is 9.97 Å². The first kappa shape index (κ1) is 9.40. The fourth-order valence-electron chi connectivity index (χ4n) is 1.39. The van der Waals surface area contributed by atoms with E-state index in [2.05, 4.69) is 25.9 Å². The van der Waals surface area contributed by atoms with Crippen LogP contribution in [0.4, 0.5) is 0 Å². The molecule has 2 rings (SSSR count). The van der Waals surface area contributed by atoms with Gasteiger partial charge in [0.05, 0.1) is 17.2 Å². The monoisotopic (exact) mass is 252 g/mol. The molecule has 1 aromatic carbocycles. The molecule has 2 aromatic rings. The number of fused-ring (bicyclic) bond motifs is 1. The van der Waals surface area contributed by atoms with Crippen molar-refractivity contribution in [3.63, 3.8) is 0 Å². The van der Waals surface area contributed by atoms with Crippen LogP contribution in [0.5, 0.6) is 0 Å². The summed E-state index contributed by atoms with van der Waals surface area (Å²) in [5.74, 6) is 0. The summed E-state index contributed by atoms with van der Waals surface area (Å²) < 4.78 is 0.901. The molecular weight excluding hydrogens is 244 g/mol. The van der Waals surface area contributed by atoms with Gasteiger partial charge in [-0.2, -0.15) is 0 Å². The highest BCUT2D eigenvalue weighted by Crippen LogP contribution is 2.26. The molecule has 0 aliphatic carbocycles. The largest absolute Gasteiger partial charge is 0.313 e. The molecule has 1 aromatic heterocycles. The van der Waals surface area contributed by atoms with E-state index in [-0.39, 0.29) is 5.56 Å². The highest BCUT2D eigenvalue weighted by Gasteiger charge is 2.08. The van der Waals surface area contributed by atoms with Gasteiger partial charge in [-0.25, -0.2) is 4.98 Å². The molecule has 0 bridgehead atoms. The number of aromatic amines is 1. The quantitative estimate of drug-likeness (QED) is 0.782. The van der Waals surface area contributed by atoms with Crippen LogP contribution >= 0.6 is 15.9 Å². The van der Waals surface area contributed by atoms with Gasteiger partial charge < -0.3 is 4.98 Å². The second-order valence-corrected chi connectivity index (χ2v) is 4.05. The highest BCUT2D eigenvalue weighted by atomic mass is 79.9. The Morgan fingerprint density at radius 3 is 2.86 bits per heavy atom. The van der Waals surface area contributed by atoms with Crippen LogP contribution in [0.3, 0.4) is 0 Å². The Labute approximate surface area is 89.3 Å². The number of aromatic nitrogens is 2. The van der Waals surface area contributed by atoms with E-state index < -0.39 is 0 Å². The molecule has 0 saturated carbocycles. The maximum atomic E-state index is 11.5. The lowest BCUT2D eigenvalue weighted by Crippen LogP contribution is -2.07. The Morgan fingerprint density at radius 1 is 1.43 bits per heavy atom. The summed E-state index contributed by atoms with van der Waals surface area (Å²) in [6, 6.07) is 1.86. The molecule has 0 amide bonds. The third-order valence-electron chi connectivity index (χ3n) is 2.38. The van der Waals surface area contributed by atoms with Crippen molar-refractivity contribution in [2.24, 2.45) is 0 Å². The summed E-state index contributed by atoms with van der Waals surface area (Å²) in [5.41, 5.74) is 2.83. The van der Waals surface area contributed by atoms with Crippen molar-refractivity contribution in [2.45, 2.75) is 13.8 Å². The molecule has 0 radical (unpaired) electrons. The number of H-pyrrole nitrogens is 1. The van der Waals surface area contributed by atoms with Gasteiger partial charge in [-0.15, -0.1) is 0 Å². The Morgan fingerprint density at radius 2 is 2.14 bits per heavy atom. The fraction of sp³-hybridized carbons (Fsp3) is 0.200. The number of nitrogens with zero attached hydrogens (tertiary/aromatic N) is 1. The molecule has 0 aliphatic rings. The third-order valence-corrected chi connectivity index (χ3v) is 3.35. The van der Waals surface area contributed by atoms with E-state index in [0.29, 0.717) is 5.39 Å². The minimum Gasteiger partial charge on any atom is -0.313 e. The summed E-state index contributed by atoms with van der Waals surface area (Å²) in [4.78, 5) is 18.2. The first-order chi connectivity index (χ1) is 6.61. The van der Waals surface area contributed by atoms with Gasteiger partial charge in [0, 0.05) is 4.47 Å². The van der Waals surface area contributed by atoms with Gasteiger partial charge in [-0.3, -0.25) is 4.79 Å². The minimum absolute atomic E-state index is 0.0983. The molecule has 3 nitrogen and oxygen atoms in total. The normalized spacial score (nSPS) is 10.8. The average Bonchev–Trinajstić information content (AvgIpc) is 2.17. The zero-order valence-corrected chi connectivity index (χ0v) is 9.47. The second kappa shape index (κ2) is 3.20. The lowest BCUT2D eigenvalue weighted by Gasteiger charge is -2.05. The highest BCUT2D eigenvalue weighted by molar-refractivity contribution is 9.10. The van der Waals surface area contributed by atoms with E-state index in [1.54, 1.807) is 0 Å². The first-order valence-electron chi connectivity index (χ1n) is 4.24. The molecule has 0 spiro atoms. The zero-order chi connectivity index (χ0) is 10.3. The average molecular weight is 253 g/mol. The second-order valence-electron chi connectivity index (χ2n) is 3.26. The molecule has 0 unspecified atom stereocenters. The predicted molar refractivity (Wildman–Crippen MR) is 59.5 cm³/mol. The number of hydrogen-bond donors (Lipinski definition) is 1. The fourth-order valence-corrected chi connectivity index (χ4v) is 2.02. The Kier molecular flexibility index (Phi) is 2.15. The lowest BCUT2D eigenvalue weighted by atomic mass is 10.1. The standard InChI is InChI=1S/C10H9BrN2O/c1-5-3-7-9(8(11)6(5)2)12-4-13-10(7)14/h3-4H,1-2H3,(H,12,13,14). The molecule has 0 atom stereocenters. The molecule has 14 heavy (non-hydrogen) atoms. The third kappa shape index (κ3) is 1.26. The molecule has 0 fully saturated rings. The van der Waals surface area contributed by atoms with Gasteiger partial charge in [-0.1, -0.05) is 0 Å². The number of hydrogen-bond acceptors (Lipinski definition) is 2. The Balaban J connectivity index is 3.06. The van der Waals surface area contributed by atoms with Crippen molar-refractivity contribution >= 4 is 26.8 Å². The van der Waals surface area contributed by atoms with E-state index >= 15 is 0 Å². The number of nitrogens with one attached hydrogen (secondary N) is 1. The summed E-state index contributed by atoms with van der Waals surface area (Å²) in [6.45, 7) is 3.98. The van der Waals surface area contributed by atoms with E-state index in [9.17, 15) is 4.79 Å². The van der Waals surface area contributed by atoms with Crippen LogP contribution in [0.2, 0.25) is 0 Å². The van der Waals surface area contributed by atoms with Crippen molar-refractivity contribution in [3.8, 4) is 0 Å². The topological polar surface area (TPSA) is 45.8 Å². The number of aryl methyl sites for hydroxylation is 1. The van der Waals surface area contributed by atoms with Gasteiger partial charge in [0.25, 0.3) is 5.56 Å². The SMILES string of the molecule is Cc1cc2c(=O)[nH]cnc2c(Br)c1C. The number of halogens is 1. The van der Waals surface area contributed by atoms with Crippen LogP contribution in [0.25, 0.3) is 10.9 Å². The van der Waals surface area contributed by atoms with E-state index in [1.807, 2.05) is 19.9 Å². The molecule has 0 saturated heterocycles. The molecule has 0 aliphatic heterocycles. The molecule has 1 heterocycles. The molecule has 1 N–H and O–H groups in total. The van der Waals surface area contributed by atoms with Crippen LogP contribution < -0.4 is 5.56 Å². The maximum absolute atomic E-state index is 11.5. The van der Waals surface area contributed by atoms with Crippen molar-refractivity contribution in [1.82, 2.24) is 9.97 Å². The number of rotatable bonds is 0. The Bertz CT molecular complexity index is 560. The Hall–Kier alpha value is -1.16. The molecule has 72 valence electrons. The summed E-state index contributed by atoms with van der Waals surface area (Å²) >= 11 is 3.45. The molecular formula is C10H9BrN2O. The first-order valence-corrected chi connectivity index (χ1v) is 5.03. The van der Waals surface area contributed by atoms with Crippen LogP contribution in [-0.2, 0) is 0 Å². The summed E-state index contributed by atoms with van der Waals surface area (Å²) in [6.07, 6.45) is 1.42. The van der Waals surface area contributed by atoms with E-state index in [4.69, 9.17) is 0 Å². The van der Waals surface area contributed by atoms with Gasteiger partial charge in [-0.05, 0) is 47.0 Å². The minimum atomic E-state index is -0.0983. The van der Waals surface area contributed by atoms with Crippen molar-refractivity contribution in [3.05, 3.63) is 38.3 Å². The van der Waals surface area contributed by atoms with Crippen LogP contribution in [0.1, 0.15) is 11.1 Å². The lowest BCUT2D eigenvalue weighted by molar-refractivity contribution is 1.16. The number of benzene rings is 1. The van der Waals surface area contributed by atoms with Crippen molar-refractivity contribution < 1.29 is 0 Å². The smallest absolute Gasteiger partial charge is 0.258 e. The van der Waals surface area contributed by atoms with Crippen molar-refractivity contribution in [1.29, 1.82) is 0 Å². The predicted octanol–water partition coefficient (Wildman–Crippen LogP) is 2.30. The summed E-state index contributed by atoms with van der Waals surface area (Å²) in [7, 11) is 0. The van der Waals surface area contributed by atoms with Gasteiger partial charge in [0.2, 0.25) is 0 Å². The van der Waals surface area contributed by atoms with E-state index in [1.165, 1.54) is 6.33 Å². The van der Waals surface area contributed by atoms with Gasteiger partial charge >= 0.3 is 0 Å². The van der Waals surface area contributed by atoms with Gasteiger partial charge in [0.15, 0.2) is 0 Å². The maximum Gasteiger partial charge on any atom is 0.258 e. The van der Waals surface area contributed by atoms with Gasteiger partial charge in [0.1, 0.15) is 0 Å². The van der Waals surface area contributed by atoms with Crippen LogP contribution in [0.15, 0.2) is 21.7 Å². The van der Waals surface area contributed by atoms with E-state index in [0.717, 1.165) is 21.1 Å². The zero-order valence-electron chi connectivity index (χ0n) is 7.89. The molecule has 4 heteroatoms. The summed E-state index contributed by atoms with van der Waals surface area (Å²) in [5, 5.41) is 0.627.